The zero-order chi connectivity index (χ0) is 14.1. The molecule has 2 rings (SSSR count). The van der Waals surface area contributed by atoms with Crippen molar-refractivity contribution in [1.82, 2.24) is 4.90 Å². The number of hydrogen-bond donors (Lipinski definition) is 2. The highest BCUT2D eigenvalue weighted by molar-refractivity contribution is 5.77. The first kappa shape index (κ1) is 14.3. The monoisotopic (exact) mass is 271 g/mol. The molecule has 0 saturated carbocycles. The van der Waals surface area contributed by atoms with Crippen LogP contribution in [0.15, 0.2) is 0 Å². The van der Waals surface area contributed by atoms with Crippen LogP contribution in [0.4, 0.5) is 0 Å². The molecule has 108 valence electrons. The average Bonchev–Trinajstić information content (AvgIpc) is 2.39. The van der Waals surface area contributed by atoms with E-state index in [1.54, 1.807) is 4.90 Å². The molecule has 0 aromatic carbocycles. The van der Waals surface area contributed by atoms with E-state index in [9.17, 15) is 19.8 Å². The Bertz CT molecular complexity index is 367. The van der Waals surface area contributed by atoms with Crippen LogP contribution in [0.3, 0.4) is 0 Å². The molecule has 2 saturated heterocycles. The number of carboxylic acid groups (broad SMARTS) is 1. The number of carboxylic acids is 1. The van der Waals surface area contributed by atoms with Crippen molar-refractivity contribution in [2.24, 2.45) is 5.41 Å². The van der Waals surface area contributed by atoms with Crippen molar-refractivity contribution in [2.45, 2.75) is 38.2 Å². The summed E-state index contributed by atoms with van der Waals surface area (Å²) in [6.45, 7) is 3.06. The minimum atomic E-state index is -1.24. The molecule has 0 aromatic rings. The van der Waals surface area contributed by atoms with Crippen LogP contribution in [0.2, 0.25) is 0 Å². The maximum Gasteiger partial charge on any atom is 0.312 e. The lowest BCUT2D eigenvalue weighted by atomic mass is 9.63. The van der Waals surface area contributed by atoms with Gasteiger partial charge in [-0.25, -0.2) is 0 Å². The molecule has 2 N–H and O–H groups in total. The lowest BCUT2D eigenvalue weighted by Gasteiger charge is -2.50. The summed E-state index contributed by atoms with van der Waals surface area (Å²) < 4.78 is 5.23. The zero-order valence-corrected chi connectivity index (χ0v) is 11.2. The van der Waals surface area contributed by atoms with Crippen molar-refractivity contribution in [3.05, 3.63) is 0 Å². The van der Waals surface area contributed by atoms with Gasteiger partial charge in [-0.2, -0.15) is 0 Å². The zero-order valence-electron chi connectivity index (χ0n) is 11.2. The Morgan fingerprint density at radius 3 is 2.05 bits per heavy atom. The molecule has 2 heterocycles. The minimum Gasteiger partial charge on any atom is -0.481 e. The van der Waals surface area contributed by atoms with Crippen LogP contribution in [0.1, 0.15) is 32.6 Å². The van der Waals surface area contributed by atoms with Crippen molar-refractivity contribution in [2.75, 3.05) is 26.3 Å². The SMILES string of the molecule is CC(=O)N1CCC(O)(C2(C(=O)O)CCOCC2)CC1. The van der Waals surface area contributed by atoms with Crippen LogP contribution < -0.4 is 0 Å². The third-order valence-corrected chi connectivity index (χ3v) is 4.68. The highest BCUT2D eigenvalue weighted by Gasteiger charge is 2.57. The molecule has 2 fully saturated rings. The largest absolute Gasteiger partial charge is 0.481 e. The number of amides is 1. The second-order valence-corrected chi connectivity index (χ2v) is 5.54. The number of piperidine rings is 1. The normalized spacial score (nSPS) is 25.9. The number of hydrogen-bond acceptors (Lipinski definition) is 4. The van der Waals surface area contributed by atoms with Crippen LogP contribution >= 0.6 is 0 Å². The Balaban J connectivity index is 2.18. The Morgan fingerprint density at radius 1 is 1.11 bits per heavy atom. The van der Waals surface area contributed by atoms with Crippen LogP contribution in [0.5, 0.6) is 0 Å². The fourth-order valence-electron chi connectivity index (χ4n) is 3.27. The molecular formula is C13H21NO5. The number of ether oxygens (including phenoxy) is 1. The van der Waals surface area contributed by atoms with Gasteiger partial charge in [0.1, 0.15) is 5.41 Å². The van der Waals surface area contributed by atoms with E-state index in [2.05, 4.69) is 0 Å². The predicted molar refractivity (Wildman–Crippen MR) is 66.6 cm³/mol. The number of aliphatic hydroxyl groups is 1. The van der Waals surface area contributed by atoms with Crippen LogP contribution in [0.25, 0.3) is 0 Å². The predicted octanol–water partition coefficient (Wildman–Crippen LogP) is 0.241. The molecule has 6 nitrogen and oxygen atoms in total. The third-order valence-electron chi connectivity index (χ3n) is 4.68. The second-order valence-electron chi connectivity index (χ2n) is 5.54. The number of carbonyl (C=O) groups is 2. The summed E-state index contributed by atoms with van der Waals surface area (Å²) in [6.07, 6.45) is 1.30. The highest BCUT2D eigenvalue weighted by Crippen LogP contribution is 2.46. The van der Waals surface area contributed by atoms with E-state index in [0.29, 0.717) is 52.0 Å². The summed E-state index contributed by atoms with van der Waals surface area (Å²) in [5.41, 5.74) is -2.37. The third kappa shape index (κ3) is 2.34. The molecule has 0 aliphatic carbocycles. The molecule has 0 radical (unpaired) electrons. The summed E-state index contributed by atoms with van der Waals surface area (Å²) in [7, 11) is 0. The Kier molecular flexibility index (Phi) is 3.82. The Labute approximate surface area is 112 Å². The van der Waals surface area contributed by atoms with Gasteiger partial charge in [0.05, 0.1) is 5.60 Å². The first-order valence-electron chi connectivity index (χ1n) is 6.70. The maximum absolute atomic E-state index is 11.7. The van der Waals surface area contributed by atoms with E-state index in [0.717, 1.165) is 0 Å². The Morgan fingerprint density at radius 2 is 1.63 bits per heavy atom. The summed E-state index contributed by atoms with van der Waals surface area (Å²) in [5.74, 6) is -0.979. The van der Waals surface area contributed by atoms with Crippen LogP contribution in [-0.4, -0.2) is 58.9 Å². The molecule has 0 unspecified atom stereocenters. The molecule has 19 heavy (non-hydrogen) atoms. The van der Waals surface area contributed by atoms with Gasteiger partial charge >= 0.3 is 5.97 Å². The number of carbonyl (C=O) groups excluding carboxylic acids is 1. The van der Waals surface area contributed by atoms with Gasteiger partial charge in [-0.05, 0) is 25.7 Å². The van der Waals surface area contributed by atoms with Crippen LogP contribution in [-0.2, 0) is 14.3 Å². The average molecular weight is 271 g/mol. The van der Waals surface area contributed by atoms with E-state index in [4.69, 9.17) is 4.74 Å². The van der Waals surface area contributed by atoms with E-state index < -0.39 is 17.0 Å². The van der Waals surface area contributed by atoms with E-state index in [-0.39, 0.29) is 5.91 Å². The maximum atomic E-state index is 11.7. The highest BCUT2D eigenvalue weighted by atomic mass is 16.5. The van der Waals surface area contributed by atoms with Gasteiger partial charge in [-0.15, -0.1) is 0 Å². The number of nitrogens with zero attached hydrogens (tertiary/aromatic N) is 1. The molecule has 0 spiro atoms. The number of aliphatic carboxylic acids is 1. The molecular weight excluding hydrogens is 250 g/mol. The number of rotatable bonds is 2. The van der Waals surface area contributed by atoms with Gasteiger partial charge in [-0.1, -0.05) is 0 Å². The van der Waals surface area contributed by atoms with Crippen molar-refractivity contribution in [3.8, 4) is 0 Å². The molecule has 1 amide bonds. The van der Waals surface area contributed by atoms with Crippen molar-refractivity contribution in [3.63, 3.8) is 0 Å². The molecule has 2 aliphatic heterocycles. The standard InChI is InChI=1S/C13H21NO5/c1-10(15)14-6-2-13(18,3-7-14)12(11(16)17)4-8-19-9-5-12/h18H,2-9H2,1H3,(H,16,17). The van der Waals surface area contributed by atoms with E-state index in [1.165, 1.54) is 6.92 Å². The topological polar surface area (TPSA) is 87.1 Å². The minimum absolute atomic E-state index is 0.0293. The summed E-state index contributed by atoms with van der Waals surface area (Å²) in [4.78, 5) is 24.7. The fraction of sp³-hybridized carbons (Fsp3) is 0.846. The summed E-state index contributed by atoms with van der Waals surface area (Å²) >= 11 is 0. The van der Waals surface area contributed by atoms with Gasteiger partial charge in [0, 0.05) is 33.2 Å². The van der Waals surface area contributed by atoms with E-state index in [1.807, 2.05) is 0 Å². The number of likely N-dealkylation sites (tertiary alicyclic amines) is 1. The van der Waals surface area contributed by atoms with Gasteiger partial charge < -0.3 is 19.8 Å². The summed E-state index contributed by atoms with van der Waals surface area (Å²) in [5, 5.41) is 20.4. The Hall–Kier alpha value is -1.14. The fourth-order valence-corrected chi connectivity index (χ4v) is 3.27. The van der Waals surface area contributed by atoms with Gasteiger partial charge in [0.15, 0.2) is 0 Å². The van der Waals surface area contributed by atoms with Gasteiger partial charge in [0.2, 0.25) is 5.91 Å². The lowest BCUT2D eigenvalue weighted by molar-refractivity contribution is -0.193. The van der Waals surface area contributed by atoms with Crippen molar-refractivity contribution in [1.29, 1.82) is 0 Å². The van der Waals surface area contributed by atoms with Gasteiger partial charge in [-0.3, -0.25) is 9.59 Å². The smallest absolute Gasteiger partial charge is 0.312 e. The molecule has 0 atom stereocenters. The van der Waals surface area contributed by atoms with Crippen molar-refractivity contribution >= 4 is 11.9 Å². The summed E-state index contributed by atoms with van der Waals surface area (Å²) in [6, 6.07) is 0. The molecule has 0 bridgehead atoms. The van der Waals surface area contributed by atoms with E-state index >= 15 is 0 Å². The first-order chi connectivity index (χ1) is 8.91. The van der Waals surface area contributed by atoms with Crippen molar-refractivity contribution < 1.29 is 24.5 Å². The molecule has 0 aromatic heterocycles. The van der Waals surface area contributed by atoms with Gasteiger partial charge in [0.25, 0.3) is 0 Å². The van der Waals surface area contributed by atoms with Crippen LogP contribution in [0, 0.1) is 5.41 Å². The lowest BCUT2D eigenvalue weighted by Crippen LogP contribution is -2.60. The first-order valence-corrected chi connectivity index (χ1v) is 6.70. The molecule has 2 aliphatic rings. The molecule has 6 heteroatoms. The second kappa shape index (κ2) is 5.09. The quantitative estimate of drug-likeness (QED) is 0.751.